The molecule has 1 rings (SSSR count). The molecule has 0 aliphatic rings. The van der Waals surface area contributed by atoms with Crippen LogP contribution in [0.3, 0.4) is 0 Å². The van der Waals surface area contributed by atoms with Gasteiger partial charge in [0.25, 0.3) is 0 Å². The minimum Gasteiger partial charge on any atom is -0.383 e. The van der Waals surface area contributed by atoms with Crippen molar-refractivity contribution in [1.82, 2.24) is 9.97 Å². The van der Waals surface area contributed by atoms with Crippen LogP contribution in [0.15, 0.2) is 0 Å². The van der Waals surface area contributed by atoms with E-state index in [0.717, 1.165) is 11.3 Å². The molecule has 6 N–H and O–H groups in total. The maximum absolute atomic E-state index is 5.52. The van der Waals surface area contributed by atoms with Crippen LogP contribution in [0.25, 0.3) is 0 Å². The Bertz CT molecular complexity index is 247. The number of nitrogen functional groups attached to an aromatic ring is 2. The monoisotopic (exact) mass is 153 g/mol. The Morgan fingerprint density at radius 1 is 1.27 bits per heavy atom. The van der Waals surface area contributed by atoms with Crippen LogP contribution in [0.1, 0.15) is 11.3 Å². The van der Waals surface area contributed by atoms with E-state index in [4.69, 9.17) is 17.2 Å². The molecule has 0 aliphatic carbocycles. The molecule has 0 saturated heterocycles. The molecule has 1 aromatic heterocycles. The summed E-state index contributed by atoms with van der Waals surface area (Å²) in [5.74, 6) is 0.565. The fourth-order valence-electron chi connectivity index (χ4n) is 0.893. The minimum atomic E-state index is 0.192. The summed E-state index contributed by atoms with van der Waals surface area (Å²) in [5, 5.41) is 0. The second kappa shape index (κ2) is 2.71. The van der Waals surface area contributed by atoms with Gasteiger partial charge in [-0.05, 0) is 6.92 Å². The molecular formula is C6H11N5. The van der Waals surface area contributed by atoms with Crippen LogP contribution >= 0.6 is 0 Å². The highest BCUT2D eigenvalue weighted by Crippen LogP contribution is 2.11. The first-order valence-electron chi connectivity index (χ1n) is 3.23. The van der Waals surface area contributed by atoms with E-state index >= 15 is 0 Å². The van der Waals surface area contributed by atoms with Gasteiger partial charge in [0, 0.05) is 17.8 Å². The molecular weight excluding hydrogens is 142 g/mol. The fraction of sp³-hybridized carbons (Fsp3) is 0.333. The van der Waals surface area contributed by atoms with Crippen molar-refractivity contribution in [2.75, 3.05) is 11.5 Å². The van der Waals surface area contributed by atoms with E-state index in [1.165, 1.54) is 0 Å². The molecule has 0 aromatic carbocycles. The van der Waals surface area contributed by atoms with Gasteiger partial charge < -0.3 is 17.2 Å². The van der Waals surface area contributed by atoms with Gasteiger partial charge in [-0.1, -0.05) is 0 Å². The van der Waals surface area contributed by atoms with Crippen LogP contribution in [0.2, 0.25) is 0 Å². The molecule has 0 atom stereocenters. The van der Waals surface area contributed by atoms with Crippen molar-refractivity contribution in [2.24, 2.45) is 5.73 Å². The summed E-state index contributed by atoms with van der Waals surface area (Å²) in [6.07, 6.45) is 0. The number of rotatable bonds is 1. The quantitative estimate of drug-likeness (QED) is 0.500. The lowest BCUT2D eigenvalue weighted by atomic mass is 10.2. The van der Waals surface area contributed by atoms with Crippen molar-refractivity contribution in [3.8, 4) is 0 Å². The molecule has 60 valence electrons. The van der Waals surface area contributed by atoms with E-state index in [0.29, 0.717) is 12.4 Å². The molecule has 0 saturated carbocycles. The van der Waals surface area contributed by atoms with Gasteiger partial charge in [-0.3, -0.25) is 0 Å². The fourth-order valence-corrected chi connectivity index (χ4v) is 0.893. The summed E-state index contributed by atoms with van der Waals surface area (Å²) in [6, 6.07) is 0. The van der Waals surface area contributed by atoms with Gasteiger partial charge in [-0.25, -0.2) is 4.98 Å². The lowest BCUT2D eigenvalue weighted by Gasteiger charge is -2.04. The van der Waals surface area contributed by atoms with Crippen LogP contribution in [0.5, 0.6) is 0 Å². The molecule has 0 spiro atoms. The summed E-state index contributed by atoms with van der Waals surface area (Å²) in [6.45, 7) is 2.15. The van der Waals surface area contributed by atoms with E-state index < -0.39 is 0 Å². The van der Waals surface area contributed by atoms with Crippen molar-refractivity contribution < 1.29 is 0 Å². The van der Waals surface area contributed by atoms with Crippen molar-refractivity contribution in [3.63, 3.8) is 0 Å². The number of nitrogens with zero attached hydrogens (tertiary/aromatic N) is 2. The van der Waals surface area contributed by atoms with Gasteiger partial charge in [0.05, 0.1) is 0 Å². The number of aryl methyl sites for hydroxylation is 1. The molecule has 1 aromatic rings. The van der Waals surface area contributed by atoms with Crippen LogP contribution in [0, 0.1) is 6.92 Å². The summed E-state index contributed by atoms with van der Waals surface area (Å²) in [5.41, 5.74) is 17.8. The zero-order valence-electron chi connectivity index (χ0n) is 6.33. The Morgan fingerprint density at radius 3 is 2.36 bits per heavy atom. The van der Waals surface area contributed by atoms with Gasteiger partial charge in [0.2, 0.25) is 5.95 Å². The third-order valence-corrected chi connectivity index (χ3v) is 1.47. The second-order valence-corrected chi connectivity index (χ2v) is 2.24. The molecule has 11 heavy (non-hydrogen) atoms. The lowest BCUT2D eigenvalue weighted by molar-refractivity contribution is 0.984. The van der Waals surface area contributed by atoms with Gasteiger partial charge in [-0.2, -0.15) is 4.98 Å². The van der Waals surface area contributed by atoms with Crippen molar-refractivity contribution >= 4 is 11.8 Å². The largest absolute Gasteiger partial charge is 0.383 e. The minimum absolute atomic E-state index is 0.192. The zero-order valence-corrected chi connectivity index (χ0v) is 6.33. The summed E-state index contributed by atoms with van der Waals surface area (Å²) in [4.78, 5) is 7.68. The predicted molar refractivity (Wildman–Crippen MR) is 43.5 cm³/mol. The summed E-state index contributed by atoms with van der Waals surface area (Å²) in [7, 11) is 0. The molecule has 0 fully saturated rings. The van der Waals surface area contributed by atoms with Gasteiger partial charge in [-0.15, -0.1) is 0 Å². The Hall–Kier alpha value is -1.36. The number of hydrogen-bond donors (Lipinski definition) is 3. The van der Waals surface area contributed by atoms with Crippen molar-refractivity contribution in [2.45, 2.75) is 13.5 Å². The Labute approximate surface area is 64.6 Å². The summed E-state index contributed by atoms with van der Waals surface area (Å²) < 4.78 is 0. The topological polar surface area (TPSA) is 104 Å². The SMILES string of the molecule is Cc1nc(N)nc(N)c1CN. The average Bonchev–Trinajstić information content (AvgIpc) is 1.85. The first-order chi connectivity index (χ1) is 5.15. The zero-order chi connectivity index (χ0) is 8.43. The molecule has 0 radical (unpaired) electrons. The van der Waals surface area contributed by atoms with Crippen LogP contribution in [-0.2, 0) is 6.54 Å². The third kappa shape index (κ3) is 1.38. The smallest absolute Gasteiger partial charge is 0.222 e. The Kier molecular flexibility index (Phi) is 1.91. The van der Waals surface area contributed by atoms with Crippen LogP contribution < -0.4 is 17.2 Å². The predicted octanol–water partition coefficient (Wildman–Crippen LogP) is -0.592. The first kappa shape index (κ1) is 7.74. The van der Waals surface area contributed by atoms with Gasteiger partial charge >= 0.3 is 0 Å². The molecule has 0 aliphatic heterocycles. The normalized spacial score (nSPS) is 10.0. The average molecular weight is 153 g/mol. The van der Waals surface area contributed by atoms with E-state index in [1.807, 2.05) is 0 Å². The van der Waals surface area contributed by atoms with Crippen LogP contribution in [0.4, 0.5) is 11.8 Å². The van der Waals surface area contributed by atoms with Gasteiger partial charge in [0.15, 0.2) is 0 Å². The maximum Gasteiger partial charge on any atom is 0.222 e. The van der Waals surface area contributed by atoms with Crippen molar-refractivity contribution in [3.05, 3.63) is 11.3 Å². The van der Waals surface area contributed by atoms with E-state index in [1.54, 1.807) is 6.92 Å². The highest BCUT2D eigenvalue weighted by molar-refractivity contribution is 5.45. The second-order valence-electron chi connectivity index (χ2n) is 2.24. The summed E-state index contributed by atoms with van der Waals surface area (Å²) >= 11 is 0. The molecule has 0 bridgehead atoms. The number of aromatic nitrogens is 2. The molecule has 1 heterocycles. The van der Waals surface area contributed by atoms with Crippen LogP contribution in [-0.4, -0.2) is 9.97 Å². The molecule has 0 amide bonds. The van der Waals surface area contributed by atoms with E-state index in [9.17, 15) is 0 Å². The maximum atomic E-state index is 5.52. The Morgan fingerprint density at radius 2 is 1.91 bits per heavy atom. The Balaban J connectivity index is 3.25. The third-order valence-electron chi connectivity index (χ3n) is 1.47. The molecule has 5 heteroatoms. The number of anilines is 2. The highest BCUT2D eigenvalue weighted by atomic mass is 15.0. The lowest BCUT2D eigenvalue weighted by Crippen LogP contribution is -2.10. The number of nitrogens with two attached hydrogens (primary N) is 3. The standard InChI is InChI=1S/C6H11N5/c1-3-4(2-7)5(8)11-6(9)10-3/h2,7H2,1H3,(H4,8,9,10,11). The molecule has 5 nitrogen and oxygen atoms in total. The molecule has 0 unspecified atom stereocenters. The highest BCUT2D eigenvalue weighted by Gasteiger charge is 2.04. The van der Waals surface area contributed by atoms with Gasteiger partial charge in [0.1, 0.15) is 5.82 Å². The first-order valence-corrected chi connectivity index (χ1v) is 3.23. The van der Waals surface area contributed by atoms with E-state index in [-0.39, 0.29) is 5.95 Å². The van der Waals surface area contributed by atoms with Crippen molar-refractivity contribution in [1.29, 1.82) is 0 Å². The number of hydrogen-bond acceptors (Lipinski definition) is 5. The van der Waals surface area contributed by atoms with E-state index in [2.05, 4.69) is 9.97 Å².